The summed E-state index contributed by atoms with van der Waals surface area (Å²) in [7, 11) is 3.06. The summed E-state index contributed by atoms with van der Waals surface area (Å²) < 4.78 is 9.77. The van der Waals surface area contributed by atoms with E-state index in [1.165, 1.54) is 37.0 Å². The zero-order chi connectivity index (χ0) is 20.6. The Labute approximate surface area is 195 Å². The van der Waals surface area contributed by atoms with Crippen LogP contribution >= 0.6 is 11.8 Å². The van der Waals surface area contributed by atoms with Gasteiger partial charge in [-0.15, -0.1) is 11.8 Å². The van der Waals surface area contributed by atoms with E-state index in [0.717, 1.165) is 5.56 Å². The molecule has 29 heavy (non-hydrogen) atoms. The number of benzene rings is 1. The van der Waals surface area contributed by atoms with Crippen LogP contribution in [0.15, 0.2) is 24.3 Å². The molecule has 2 heterocycles. The van der Waals surface area contributed by atoms with Crippen LogP contribution in [0.1, 0.15) is 19.4 Å². The van der Waals surface area contributed by atoms with Gasteiger partial charge in [0.1, 0.15) is 17.5 Å². The van der Waals surface area contributed by atoms with Gasteiger partial charge >= 0.3 is 5.97 Å². The Morgan fingerprint density at radius 2 is 1.90 bits per heavy atom. The number of carbonyl (C=O) groups is 3. The molecule has 0 bridgehead atoms. The Hall–Kier alpha value is -1.68. The third-order valence-electron chi connectivity index (χ3n) is 4.81. The molecule has 1 aromatic rings. The monoisotopic (exact) mass is 429 g/mol. The predicted octanol–water partition coefficient (Wildman–Crippen LogP) is 0.968. The third-order valence-corrected chi connectivity index (χ3v) is 6.38. The maximum Gasteiger partial charge on any atom is 0.327 e. The summed E-state index contributed by atoms with van der Waals surface area (Å²) in [4.78, 5) is 37.5. The number of amides is 2. The molecule has 2 fully saturated rings. The van der Waals surface area contributed by atoms with E-state index >= 15 is 0 Å². The van der Waals surface area contributed by atoms with Crippen LogP contribution < -0.4 is 14.8 Å². The third kappa shape index (κ3) is 4.42. The maximum absolute atomic E-state index is 12.4. The molecule has 2 aliphatic rings. The first-order valence-corrected chi connectivity index (χ1v) is 9.51. The number of carboxylic acids is 1. The van der Waals surface area contributed by atoms with Gasteiger partial charge in [0.15, 0.2) is 11.5 Å². The fourth-order valence-electron chi connectivity index (χ4n) is 3.48. The van der Waals surface area contributed by atoms with E-state index < -0.39 is 28.7 Å². The van der Waals surface area contributed by atoms with Gasteiger partial charge in [0.2, 0.25) is 11.8 Å². The number of nitrogens with one attached hydrogen (secondary N) is 1. The van der Waals surface area contributed by atoms with Crippen molar-refractivity contribution in [3.05, 3.63) is 29.8 Å². The second-order valence-electron chi connectivity index (χ2n) is 7.03. The number of hydrogen-bond donors (Lipinski definition) is 2. The molecule has 0 aromatic heterocycles. The smallest absolute Gasteiger partial charge is 0.327 e. The molecule has 2 aliphatic heterocycles. The summed E-state index contributed by atoms with van der Waals surface area (Å²) in [5.41, 5.74) is 0.733. The van der Waals surface area contributed by atoms with E-state index in [4.69, 9.17) is 9.47 Å². The molecule has 3 atom stereocenters. The average Bonchev–Trinajstić information content (AvgIpc) is 2.92. The Morgan fingerprint density at radius 3 is 2.48 bits per heavy atom. The van der Waals surface area contributed by atoms with E-state index in [-0.39, 0.29) is 40.8 Å². The van der Waals surface area contributed by atoms with E-state index in [1.807, 2.05) is 0 Å². The van der Waals surface area contributed by atoms with Crippen molar-refractivity contribution in [1.29, 1.82) is 0 Å². The average molecular weight is 429 g/mol. The van der Waals surface area contributed by atoms with Gasteiger partial charge in [0.05, 0.1) is 14.2 Å². The molecule has 0 unspecified atom stereocenters. The number of rotatable bonds is 6. The molecule has 1 aromatic carbocycles. The van der Waals surface area contributed by atoms with Crippen LogP contribution in [0, 0.1) is 0 Å². The molecule has 3 rings (SSSR count). The number of carbonyl (C=O) groups excluding carboxylic acids is 2. The Bertz CT molecular complexity index is 859. The number of hydrogen-bond acceptors (Lipinski definition) is 6. The van der Waals surface area contributed by atoms with Crippen molar-refractivity contribution < 1.29 is 29.0 Å². The van der Waals surface area contributed by atoms with Crippen LogP contribution in [0.2, 0.25) is 0 Å². The minimum atomic E-state index is -1.04. The van der Waals surface area contributed by atoms with Crippen LogP contribution in [-0.4, -0.2) is 93.8 Å². The summed E-state index contributed by atoms with van der Waals surface area (Å²) in [6, 6.07) is 3.61. The molecule has 0 aliphatic carbocycles. The molecule has 8 nitrogen and oxygen atoms in total. The molecule has 10 heteroatoms. The van der Waals surface area contributed by atoms with Gasteiger partial charge in [0.25, 0.3) is 0 Å². The molecule has 2 N–H and O–H groups in total. The number of β-lactam (4-membered cyclic amide) rings is 1. The van der Waals surface area contributed by atoms with Gasteiger partial charge in [-0.05, 0) is 37.6 Å². The second-order valence-corrected chi connectivity index (χ2v) is 8.80. The number of carboxylic acid groups (broad SMARTS) is 1. The van der Waals surface area contributed by atoms with Crippen molar-refractivity contribution in [2.75, 3.05) is 14.2 Å². The number of nitrogens with zero attached hydrogens (tertiary/aromatic N) is 1. The van der Waals surface area contributed by atoms with Crippen molar-refractivity contribution in [2.24, 2.45) is 0 Å². The standard InChI is InChI=1S/C19H22N2O6S.Na/c1-19(2)15(18(24)25)21-16(23)14(17(21)28-19)20-13(22)8-6-10-5-7-11(26-3)12(9-10)27-4;/h5-9,14-15,17H,1-4H3,(H,20,22)(H,24,25);/t14-,15+,17-;/m1./s1. The van der Waals surface area contributed by atoms with Gasteiger partial charge in [0, 0.05) is 40.4 Å². The molecule has 2 amide bonds. The molecule has 2 saturated heterocycles. The summed E-state index contributed by atoms with van der Waals surface area (Å²) >= 11 is 1.39. The summed E-state index contributed by atoms with van der Waals surface area (Å²) in [6.07, 6.45) is 2.93. The van der Waals surface area contributed by atoms with Crippen LogP contribution in [0.5, 0.6) is 11.5 Å². The largest absolute Gasteiger partial charge is 0.493 e. The first-order chi connectivity index (χ1) is 13.2. The first-order valence-electron chi connectivity index (χ1n) is 8.63. The van der Waals surface area contributed by atoms with Gasteiger partial charge < -0.3 is 24.8 Å². The zero-order valence-electron chi connectivity index (χ0n) is 17.0. The number of fused-ring (bicyclic) bond motifs is 1. The Balaban J connectivity index is 0.00000300. The normalized spacial score (nSPS) is 24.3. The SMILES string of the molecule is COc1ccc(C=CC(=O)N[C@@H]2C(=O)N3[C@@H]2SC(C)(C)[C@@H]3C(=O)O)cc1OC.[Na]. The van der Waals surface area contributed by atoms with Crippen LogP contribution in [0.3, 0.4) is 0 Å². The van der Waals surface area contributed by atoms with Crippen molar-refractivity contribution in [1.82, 2.24) is 10.2 Å². The number of ether oxygens (including phenoxy) is 2. The van der Waals surface area contributed by atoms with Crippen LogP contribution in [0.25, 0.3) is 6.08 Å². The number of aliphatic carboxylic acids is 1. The molecular weight excluding hydrogens is 407 g/mol. The number of methoxy groups -OCH3 is 2. The summed E-state index contributed by atoms with van der Waals surface area (Å²) in [5.74, 6) is -0.711. The maximum atomic E-state index is 12.4. The zero-order valence-corrected chi connectivity index (χ0v) is 19.8. The van der Waals surface area contributed by atoms with Gasteiger partial charge in [-0.2, -0.15) is 0 Å². The van der Waals surface area contributed by atoms with Crippen molar-refractivity contribution in [2.45, 2.75) is 36.1 Å². The summed E-state index contributed by atoms with van der Waals surface area (Å²) in [6.45, 7) is 3.58. The first kappa shape index (κ1) is 23.6. The molecular formula is C19H22N2NaO6S. The summed E-state index contributed by atoms with van der Waals surface area (Å²) in [5, 5.41) is 11.7. The van der Waals surface area contributed by atoms with E-state index in [2.05, 4.69) is 5.32 Å². The predicted molar refractivity (Wildman–Crippen MR) is 110 cm³/mol. The number of thioether (sulfide) groups is 1. The minimum absolute atomic E-state index is 0. The van der Waals surface area contributed by atoms with Crippen molar-refractivity contribution >= 4 is 65.2 Å². The van der Waals surface area contributed by atoms with Gasteiger partial charge in [-0.25, -0.2) is 4.79 Å². The van der Waals surface area contributed by atoms with Crippen LogP contribution in [-0.2, 0) is 14.4 Å². The molecule has 1 radical (unpaired) electrons. The molecule has 0 spiro atoms. The fraction of sp³-hybridized carbons (Fsp3) is 0.421. The van der Waals surface area contributed by atoms with Crippen molar-refractivity contribution in [3.8, 4) is 11.5 Å². The van der Waals surface area contributed by atoms with E-state index in [1.54, 1.807) is 38.1 Å². The van der Waals surface area contributed by atoms with Gasteiger partial charge in [-0.1, -0.05) is 6.07 Å². The Morgan fingerprint density at radius 1 is 1.24 bits per heavy atom. The van der Waals surface area contributed by atoms with E-state index in [9.17, 15) is 19.5 Å². The van der Waals surface area contributed by atoms with Crippen LogP contribution in [0.4, 0.5) is 0 Å². The Kier molecular flexibility index (Phi) is 7.32. The minimum Gasteiger partial charge on any atom is -0.493 e. The van der Waals surface area contributed by atoms with Gasteiger partial charge in [-0.3, -0.25) is 9.59 Å². The quantitative estimate of drug-likeness (QED) is 0.394. The molecule has 0 saturated carbocycles. The molecule has 151 valence electrons. The second kappa shape index (κ2) is 8.99. The van der Waals surface area contributed by atoms with Crippen molar-refractivity contribution in [3.63, 3.8) is 0 Å². The fourth-order valence-corrected chi connectivity index (χ4v) is 5.10. The van der Waals surface area contributed by atoms with E-state index in [0.29, 0.717) is 11.5 Å². The topological polar surface area (TPSA) is 105 Å².